The van der Waals surface area contributed by atoms with E-state index in [2.05, 4.69) is 21.3 Å². The van der Waals surface area contributed by atoms with E-state index in [1.54, 1.807) is 33.9 Å². The molecule has 0 aromatic heterocycles. The predicted molar refractivity (Wildman–Crippen MR) is 133 cm³/mol. The van der Waals surface area contributed by atoms with Gasteiger partial charge in [-0.15, -0.1) is 0 Å². The molecule has 1 atom stereocenters. The van der Waals surface area contributed by atoms with Crippen LogP contribution in [0.25, 0.3) is 5.57 Å². The fourth-order valence-electron chi connectivity index (χ4n) is 3.54. The number of hydrogen-bond donors (Lipinski definition) is 4. The number of amides is 4. The maximum absolute atomic E-state index is 13.7. The maximum atomic E-state index is 13.7. The molecule has 9 nitrogen and oxygen atoms in total. The average molecular weight is 488 g/mol. The molecule has 1 aromatic carbocycles. The van der Waals surface area contributed by atoms with E-state index in [4.69, 9.17) is 0 Å². The second-order valence-electron chi connectivity index (χ2n) is 8.28. The van der Waals surface area contributed by atoms with Gasteiger partial charge >= 0.3 is 0 Å². The van der Waals surface area contributed by atoms with Crippen LogP contribution in [0.15, 0.2) is 35.5 Å². The first-order valence-electron chi connectivity index (χ1n) is 11.7. The highest BCUT2D eigenvalue weighted by atomic mass is 19.1. The van der Waals surface area contributed by atoms with Crippen molar-refractivity contribution in [1.29, 1.82) is 0 Å². The second-order valence-corrected chi connectivity index (χ2v) is 8.28. The van der Waals surface area contributed by atoms with Gasteiger partial charge in [0, 0.05) is 56.5 Å². The fraction of sp³-hybridized carbons (Fsp3) is 0.440. The molecule has 0 fully saturated rings. The van der Waals surface area contributed by atoms with Gasteiger partial charge in [0.05, 0.1) is 5.57 Å². The summed E-state index contributed by atoms with van der Waals surface area (Å²) in [4.78, 5) is 50.1. The SMILES string of the molecule is CCNC(/C=C1\C(=O)Nc2ccc(F)cc21)=C(/C)CC(=O)NCCNC(=O)[C@H](C)N(C)C(=O)CC. The Balaban J connectivity index is 1.97. The first-order valence-corrected chi connectivity index (χ1v) is 11.7. The molecule has 35 heavy (non-hydrogen) atoms. The van der Waals surface area contributed by atoms with Crippen LogP contribution in [0, 0.1) is 5.82 Å². The minimum absolute atomic E-state index is 0.0713. The van der Waals surface area contributed by atoms with E-state index in [9.17, 15) is 23.6 Å². The number of halogens is 1. The van der Waals surface area contributed by atoms with E-state index in [-0.39, 0.29) is 43.1 Å². The summed E-state index contributed by atoms with van der Waals surface area (Å²) in [6, 6.07) is 3.49. The van der Waals surface area contributed by atoms with Crippen molar-refractivity contribution in [3.63, 3.8) is 0 Å². The van der Waals surface area contributed by atoms with Crippen LogP contribution >= 0.6 is 0 Å². The zero-order valence-corrected chi connectivity index (χ0v) is 20.9. The Kier molecular flexibility index (Phi) is 9.98. The van der Waals surface area contributed by atoms with Gasteiger partial charge in [-0.1, -0.05) is 6.92 Å². The molecular formula is C25H34FN5O4. The predicted octanol–water partition coefficient (Wildman–Crippen LogP) is 1.92. The quantitative estimate of drug-likeness (QED) is 0.281. The molecule has 1 aliphatic heterocycles. The Hall–Kier alpha value is -3.69. The van der Waals surface area contributed by atoms with Crippen LogP contribution in [0.4, 0.5) is 10.1 Å². The van der Waals surface area contributed by atoms with Crippen molar-refractivity contribution in [2.24, 2.45) is 0 Å². The number of benzene rings is 1. The minimum atomic E-state index is -0.606. The standard InChI is InChI=1S/C25H34FN5O4/c1-6-23(33)31(5)16(4)24(34)29-11-10-28-22(32)12-15(3)21(27-7-2)14-19-18-13-17(26)8-9-20(18)30-25(19)35/h8-9,13-14,16,27H,6-7,10-12H2,1-5H3,(H,28,32)(H,29,34)(H,30,35)/b19-14-,21-15-/t16-/m0/s1. The Morgan fingerprint density at radius 1 is 1.14 bits per heavy atom. The number of carbonyl (C=O) groups is 4. The summed E-state index contributed by atoms with van der Waals surface area (Å²) in [6.45, 7) is 8.05. The lowest BCUT2D eigenvalue weighted by molar-refractivity contribution is -0.138. The maximum Gasteiger partial charge on any atom is 0.256 e. The van der Waals surface area contributed by atoms with Crippen molar-refractivity contribution in [1.82, 2.24) is 20.9 Å². The third-order valence-corrected chi connectivity index (χ3v) is 5.71. The molecule has 0 spiro atoms. The van der Waals surface area contributed by atoms with Crippen LogP contribution < -0.4 is 21.3 Å². The molecule has 0 bridgehead atoms. The van der Waals surface area contributed by atoms with E-state index < -0.39 is 11.9 Å². The number of nitrogens with one attached hydrogen (secondary N) is 4. The monoisotopic (exact) mass is 487 g/mol. The highest BCUT2D eigenvalue weighted by molar-refractivity contribution is 6.31. The lowest BCUT2D eigenvalue weighted by Crippen LogP contribution is -2.47. The van der Waals surface area contributed by atoms with E-state index >= 15 is 0 Å². The number of rotatable bonds is 11. The summed E-state index contributed by atoms with van der Waals surface area (Å²) in [5.74, 6) is -1.46. The zero-order chi connectivity index (χ0) is 26.1. The van der Waals surface area contributed by atoms with E-state index in [1.165, 1.54) is 23.1 Å². The van der Waals surface area contributed by atoms with Gasteiger partial charge in [-0.3, -0.25) is 19.2 Å². The van der Waals surface area contributed by atoms with Gasteiger partial charge in [0.25, 0.3) is 5.91 Å². The molecule has 0 radical (unpaired) electrons. The number of hydrogen-bond acceptors (Lipinski definition) is 5. The zero-order valence-electron chi connectivity index (χ0n) is 20.9. The summed E-state index contributed by atoms with van der Waals surface area (Å²) in [5, 5.41) is 11.3. The normalized spacial score (nSPS) is 15.0. The summed E-state index contributed by atoms with van der Waals surface area (Å²) in [5.41, 5.74) is 2.63. The number of allylic oxidation sites excluding steroid dienone is 1. The van der Waals surface area contributed by atoms with Gasteiger partial charge in [-0.2, -0.15) is 0 Å². The molecule has 4 N–H and O–H groups in total. The molecule has 1 heterocycles. The Bertz CT molecular complexity index is 1050. The molecule has 4 amide bonds. The summed E-state index contributed by atoms with van der Waals surface area (Å²) in [6.07, 6.45) is 2.01. The van der Waals surface area contributed by atoms with Crippen molar-refractivity contribution in [3.8, 4) is 0 Å². The molecule has 1 aliphatic rings. The summed E-state index contributed by atoms with van der Waals surface area (Å²) in [7, 11) is 1.58. The van der Waals surface area contributed by atoms with Crippen molar-refractivity contribution < 1.29 is 23.6 Å². The van der Waals surface area contributed by atoms with Crippen molar-refractivity contribution in [2.75, 3.05) is 32.0 Å². The lowest BCUT2D eigenvalue weighted by atomic mass is 10.0. The highest BCUT2D eigenvalue weighted by Crippen LogP contribution is 2.33. The van der Waals surface area contributed by atoms with Crippen LogP contribution in [0.5, 0.6) is 0 Å². The molecule has 0 unspecified atom stereocenters. The van der Waals surface area contributed by atoms with Crippen LogP contribution in [-0.2, 0) is 19.2 Å². The Morgan fingerprint density at radius 2 is 1.83 bits per heavy atom. The van der Waals surface area contributed by atoms with Crippen molar-refractivity contribution in [2.45, 2.75) is 46.6 Å². The van der Waals surface area contributed by atoms with Crippen molar-refractivity contribution >= 4 is 34.9 Å². The van der Waals surface area contributed by atoms with E-state index in [1.807, 2.05) is 6.92 Å². The number of likely N-dealkylation sites (N-methyl/N-ethyl adjacent to an activating group) is 2. The number of fused-ring (bicyclic) bond motifs is 1. The fourth-order valence-corrected chi connectivity index (χ4v) is 3.54. The number of nitrogens with zero attached hydrogens (tertiary/aromatic N) is 1. The topological polar surface area (TPSA) is 120 Å². The summed E-state index contributed by atoms with van der Waals surface area (Å²) < 4.78 is 13.7. The number of carbonyl (C=O) groups excluding carboxylic acids is 4. The average Bonchev–Trinajstić information content (AvgIpc) is 3.13. The third kappa shape index (κ3) is 7.40. The second kappa shape index (κ2) is 12.7. The molecule has 0 aliphatic carbocycles. The van der Waals surface area contributed by atoms with Gasteiger partial charge in [-0.25, -0.2) is 4.39 Å². The Morgan fingerprint density at radius 3 is 2.49 bits per heavy atom. The van der Waals surface area contributed by atoms with Gasteiger partial charge in [-0.05, 0) is 50.6 Å². The van der Waals surface area contributed by atoms with Gasteiger partial charge in [0.1, 0.15) is 11.9 Å². The number of anilines is 1. The van der Waals surface area contributed by atoms with E-state index in [0.29, 0.717) is 41.1 Å². The van der Waals surface area contributed by atoms with Crippen LogP contribution in [0.2, 0.25) is 0 Å². The first kappa shape index (κ1) is 27.6. The van der Waals surface area contributed by atoms with Gasteiger partial charge in [0.15, 0.2) is 0 Å². The van der Waals surface area contributed by atoms with Crippen LogP contribution in [0.3, 0.4) is 0 Å². The molecule has 2 rings (SSSR count). The summed E-state index contributed by atoms with van der Waals surface area (Å²) >= 11 is 0. The molecule has 0 saturated heterocycles. The van der Waals surface area contributed by atoms with Gasteiger partial charge in [0.2, 0.25) is 17.7 Å². The van der Waals surface area contributed by atoms with Crippen LogP contribution in [0.1, 0.15) is 46.1 Å². The molecule has 1 aromatic rings. The van der Waals surface area contributed by atoms with Crippen molar-refractivity contribution in [3.05, 3.63) is 46.9 Å². The molecule has 10 heteroatoms. The van der Waals surface area contributed by atoms with Gasteiger partial charge < -0.3 is 26.2 Å². The molecule has 190 valence electrons. The van der Waals surface area contributed by atoms with Crippen LogP contribution in [-0.4, -0.2) is 61.3 Å². The Labute approximate surface area is 205 Å². The lowest BCUT2D eigenvalue weighted by Gasteiger charge is -2.23. The minimum Gasteiger partial charge on any atom is -0.385 e. The molecule has 0 saturated carbocycles. The van der Waals surface area contributed by atoms with E-state index in [0.717, 1.165) is 0 Å². The molecular weight excluding hydrogens is 453 g/mol. The highest BCUT2D eigenvalue weighted by Gasteiger charge is 2.25. The third-order valence-electron chi connectivity index (χ3n) is 5.71. The smallest absolute Gasteiger partial charge is 0.256 e. The first-order chi connectivity index (χ1) is 16.6. The largest absolute Gasteiger partial charge is 0.385 e.